The van der Waals surface area contributed by atoms with Crippen LogP contribution in [-0.2, 0) is 9.53 Å². The van der Waals surface area contributed by atoms with Gasteiger partial charge in [-0.15, -0.1) is 0 Å². The number of benzene rings is 1. The smallest absolute Gasteiger partial charge is 0.307 e. The molecule has 3 N–H and O–H groups in total. The fraction of sp³-hybridized carbons (Fsp3) is 0.286. The zero-order valence-corrected chi connectivity index (χ0v) is 11.1. The molecule has 0 radical (unpaired) electrons. The Hall–Kier alpha value is -2.30. The number of hydrogen-bond donors (Lipinski definition) is 2. The molecule has 5 heteroatoms. The topological polar surface area (TPSA) is 77.2 Å². The third kappa shape index (κ3) is 2.93. The quantitative estimate of drug-likeness (QED) is 0.649. The van der Waals surface area contributed by atoms with Crippen LogP contribution in [-0.4, -0.2) is 24.6 Å². The maximum absolute atomic E-state index is 11.1. The van der Waals surface area contributed by atoms with Crippen LogP contribution in [0.4, 0.5) is 11.4 Å². The standard InChI is InChI=1S/C14H17N3O2/c1-9-7-10-11(8-17-9)12(15)3-4-13(10)16-6-5-14(18)19-2/h3-4,7-8,16H,5-6,15H2,1-2H3. The van der Waals surface area contributed by atoms with Crippen molar-refractivity contribution in [2.45, 2.75) is 13.3 Å². The van der Waals surface area contributed by atoms with E-state index in [1.807, 2.05) is 25.1 Å². The minimum Gasteiger partial charge on any atom is -0.469 e. The van der Waals surface area contributed by atoms with Crippen LogP contribution in [0.3, 0.4) is 0 Å². The van der Waals surface area contributed by atoms with Crippen LogP contribution in [0.5, 0.6) is 0 Å². The number of esters is 1. The van der Waals surface area contributed by atoms with E-state index in [1.165, 1.54) is 7.11 Å². The molecule has 0 atom stereocenters. The van der Waals surface area contributed by atoms with E-state index in [4.69, 9.17) is 5.73 Å². The minimum absolute atomic E-state index is 0.231. The number of nitrogens with zero attached hydrogens (tertiary/aromatic N) is 1. The lowest BCUT2D eigenvalue weighted by molar-refractivity contribution is -0.140. The van der Waals surface area contributed by atoms with Crippen molar-refractivity contribution in [3.63, 3.8) is 0 Å². The normalized spacial score (nSPS) is 10.4. The van der Waals surface area contributed by atoms with Gasteiger partial charge >= 0.3 is 5.97 Å². The van der Waals surface area contributed by atoms with Gasteiger partial charge in [0, 0.05) is 40.6 Å². The maximum Gasteiger partial charge on any atom is 0.307 e. The van der Waals surface area contributed by atoms with Crippen LogP contribution in [0.2, 0.25) is 0 Å². The Balaban J connectivity index is 2.25. The maximum atomic E-state index is 11.1. The van der Waals surface area contributed by atoms with Gasteiger partial charge in [0.2, 0.25) is 0 Å². The molecule has 0 aliphatic heterocycles. The van der Waals surface area contributed by atoms with Crippen molar-refractivity contribution < 1.29 is 9.53 Å². The Morgan fingerprint density at radius 2 is 2.21 bits per heavy atom. The summed E-state index contributed by atoms with van der Waals surface area (Å²) in [5.41, 5.74) is 8.50. The van der Waals surface area contributed by atoms with Gasteiger partial charge in [-0.25, -0.2) is 0 Å². The van der Waals surface area contributed by atoms with Crippen molar-refractivity contribution in [1.29, 1.82) is 0 Å². The Bertz CT molecular complexity index is 611. The summed E-state index contributed by atoms with van der Waals surface area (Å²) in [7, 11) is 1.38. The van der Waals surface area contributed by atoms with E-state index in [1.54, 1.807) is 6.20 Å². The summed E-state index contributed by atoms with van der Waals surface area (Å²) < 4.78 is 4.60. The largest absolute Gasteiger partial charge is 0.469 e. The lowest BCUT2D eigenvalue weighted by atomic mass is 10.1. The third-order valence-electron chi connectivity index (χ3n) is 2.94. The van der Waals surface area contributed by atoms with E-state index in [9.17, 15) is 4.79 Å². The molecule has 0 saturated heterocycles. The number of ether oxygens (including phenoxy) is 1. The minimum atomic E-state index is -0.231. The predicted octanol–water partition coefficient (Wildman–Crippen LogP) is 2.10. The zero-order valence-electron chi connectivity index (χ0n) is 11.1. The first kappa shape index (κ1) is 13.1. The third-order valence-corrected chi connectivity index (χ3v) is 2.94. The first-order valence-corrected chi connectivity index (χ1v) is 6.07. The fourth-order valence-corrected chi connectivity index (χ4v) is 1.92. The van der Waals surface area contributed by atoms with Crippen molar-refractivity contribution in [2.24, 2.45) is 0 Å². The van der Waals surface area contributed by atoms with Crippen LogP contribution >= 0.6 is 0 Å². The van der Waals surface area contributed by atoms with E-state index >= 15 is 0 Å². The number of aromatic nitrogens is 1. The molecule has 100 valence electrons. The molecule has 2 aromatic rings. The van der Waals surface area contributed by atoms with Gasteiger partial charge in [0.15, 0.2) is 0 Å². The molecular formula is C14H17N3O2. The molecule has 2 rings (SSSR count). The molecule has 0 saturated carbocycles. The molecular weight excluding hydrogens is 242 g/mol. The molecule has 1 aromatic carbocycles. The summed E-state index contributed by atoms with van der Waals surface area (Å²) in [6.07, 6.45) is 2.10. The van der Waals surface area contributed by atoms with E-state index in [2.05, 4.69) is 15.0 Å². The van der Waals surface area contributed by atoms with Crippen molar-refractivity contribution in [3.8, 4) is 0 Å². The summed E-state index contributed by atoms with van der Waals surface area (Å²) in [6, 6.07) is 5.72. The Morgan fingerprint density at radius 3 is 2.95 bits per heavy atom. The van der Waals surface area contributed by atoms with E-state index in [0.29, 0.717) is 18.7 Å². The fourth-order valence-electron chi connectivity index (χ4n) is 1.92. The lowest BCUT2D eigenvalue weighted by Gasteiger charge is -2.11. The number of aryl methyl sites for hydroxylation is 1. The average molecular weight is 259 g/mol. The van der Waals surface area contributed by atoms with Crippen molar-refractivity contribution >= 4 is 28.1 Å². The monoisotopic (exact) mass is 259 g/mol. The summed E-state index contributed by atoms with van der Waals surface area (Å²) in [5, 5.41) is 5.15. The molecule has 1 aromatic heterocycles. The van der Waals surface area contributed by atoms with Crippen LogP contribution < -0.4 is 11.1 Å². The number of nitrogens with one attached hydrogen (secondary N) is 1. The van der Waals surface area contributed by atoms with Crippen LogP contribution in [0.25, 0.3) is 10.8 Å². The number of carbonyl (C=O) groups excluding carboxylic acids is 1. The van der Waals surface area contributed by atoms with Gasteiger partial charge in [0.25, 0.3) is 0 Å². The van der Waals surface area contributed by atoms with Gasteiger partial charge in [0.1, 0.15) is 0 Å². The first-order valence-electron chi connectivity index (χ1n) is 6.07. The van der Waals surface area contributed by atoms with E-state index < -0.39 is 0 Å². The molecule has 19 heavy (non-hydrogen) atoms. The molecule has 0 unspecified atom stereocenters. The number of methoxy groups -OCH3 is 1. The van der Waals surface area contributed by atoms with Crippen molar-refractivity contribution in [3.05, 3.63) is 30.1 Å². The van der Waals surface area contributed by atoms with Gasteiger partial charge in [-0.05, 0) is 25.1 Å². The first-order chi connectivity index (χ1) is 9.11. The highest BCUT2D eigenvalue weighted by molar-refractivity contribution is 6.00. The number of nitrogens with two attached hydrogens (primary N) is 1. The Kier molecular flexibility index (Phi) is 3.85. The van der Waals surface area contributed by atoms with Crippen molar-refractivity contribution in [1.82, 2.24) is 4.98 Å². The molecule has 0 spiro atoms. The number of fused-ring (bicyclic) bond motifs is 1. The number of nitrogen functional groups attached to an aromatic ring is 1. The highest BCUT2D eigenvalue weighted by atomic mass is 16.5. The molecule has 0 aliphatic rings. The predicted molar refractivity (Wildman–Crippen MR) is 76.0 cm³/mol. The lowest BCUT2D eigenvalue weighted by Crippen LogP contribution is -2.10. The summed E-state index contributed by atoms with van der Waals surface area (Å²) in [4.78, 5) is 15.3. The number of hydrogen-bond acceptors (Lipinski definition) is 5. The highest BCUT2D eigenvalue weighted by Crippen LogP contribution is 2.28. The van der Waals surface area contributed by atoms with Gasteiger partial charge in [-0.1, -0.05) is 0 Å². The Morgan fingerprint density at radius 1 is 1.42 bits per heavy atom. The molecule has 0 fully saturated rings. The van der Waals surface area contributed by atoms with Crippen LogP contribution in [0.15, 0.2) is 24.4 Å². The zero-order chi connectivity index (χ0) is 13.8. The van der Waals surface area contributed by atoms with Gasteiger partial charge < -0.3 is 15.8 Å². The molecule has 5 nitrogen and oxygen atoms in total. The van der Waals surface area contributed by atoms with Gasteiger partial charge in [-0.3, -0.25) is 9.78 Å². The summed E-state index contributed by atoms with van der Waals surface area (Å²) in [5.74, 6) is -0.231. The summed E-state index contributed by atoms with van der Waals surface area (Å²) in [6.45, 7) is 2.45. The van der Waals surface area contributed by atoms with Gasteiger partial charge in [0.05, 0.1) is 13.5 Å². The number of pyridine rings is 1. The molecule has 0 aliphatic carbocycles. The molecule has 1 heterocycles. The molecule has 0 bridgehead atoms. The number of rotatable bonds is 4. The number of carbonyl (C=O) groups is 1. The van der Waals surface area contributed by atoms with Crippen LogP contribution in [0, 0.1) is 6.92 Å². The van der Waals surface area contributed by atoms with E-state index in [-0.39, 0.29) is 5.97 Å². The number of anilines is 2. The average Bonchev–Trinajstić information content (AvgIpc) is 2.41. The second-order valence-electron chi connectivity index (χ2n) is 4.33. The highest BCUT2D eigenvalue weighted by Gasteiger charge is 2.06. The summed E-state index contributed by atoms with van der Waals surface area (Å²) >= 11 is 0. The molecule has 0 amide bonds. The second kappa shape index (κ2) is 5.56. The van der Waals surface area contributed by atoms with Gasteiger partial charge in [-0.2, -0.15) is 0 Å². The van der Waals surface area contributed by atoms with Crippen molar-refractivity contribution in [2.75, 3.05) is 24.7 Å². The van der Waals surface area contributed by atoms with E-state index in [0.717, 1.165) is 22.2 Å². The second-order valence-corrected chi connectivity index (χ2v) is 4.33. The Labute approximate surface area is 111 Å². The SMILES string of the molecule is COC(=O)CCNc1ccc(N)c2cnc(C)cc12. The van der Waals surface area contributed by atoms with Crippen LogP contribution in [0.1, 0.15) is 12.1 Å².